The van der Waals surface area contributed by atoms with E-state index < -0.39 is 0 Å². The molecule has 1 N–H and O–H groups in total. The van der Waals surface area contributed by atoms with Crippen molar-refractivity contribution in [3.63, 3.8) is 0 Å². The molecule has 0 aliphatic rings. The van der Waals surface area contributed by atoms with Crippen LogP contribution in [0.1, 0.15) is 19.8 Å². The van der Waals surface area contributed by atoms with E-state index in [0.29, 0.717) is 13.3 Å². The molecule has 0 spiro atoms. The van der Waals surface area contributed by atoms with E-state index in [2.05, 4.69) is 10.3 Å². The zero-order valence-electron chi connectivity index (χ0n) is 11.6. The van der Waals surface area contributed by atoms with Gasteiger partial charge in [0.25, 0.3) is 0 Å². The Kier molecular flexibility index (Phi) is 11.5. The van der Waals surface area contributed by atoms with Gasteiger partial charge in [0.2, 0.25) is 5.91 Å². The number of rotatable bonds is 11. The standard InChI is InChI=1S/C12H25N3O3/c1-12(16)15(8-4-6-13-10-17-2)9-5-7-14-11-18-3/h10,14H,4-9,11H2,1-3H3. The largest absolute Gasteiger partial charge is 0.487 e. The van der Waals surface area contributed by atoms with Crippen molar-refractivity contribution in [3.8, 4) is 0 Å². The van der Waals surface area contributed by atoms with Crippen molar-refractivity contribution >= 4 is 12.3 Å². The summed E-state index contributed by atoms with van der Waals surface area (Å²) in [7, 11) is 3.22. The highest BCUT2D eigenvalue weighted by molar-refractivity contribution is 5.73. The van der Waals surface area contributed by atoms with Gasteiger partial charge < -0.3 is 14.4 Å². The lowest BCUT2D eigenvalue weighted by atomic mass is 10.3. The topological polar surface area (TPSA) is 63.2 Å². The average molecular weight is 259 g/mol. The molecule has 6 heteroatoms. The van der Waals surface area contributed by atoms with Gasteiger partial charge in [-0.3, -0.25) is 15.1 Å². The fourth-order valence-corrected chi connectivity index (χ4v) is 1.48. The molecule has 0 aromatic carbocycles. The normalized spacial score (nSPS) is 10.8. The molecule has 0 unspecified atom stereocenters. The minimum absolute atomic E-state index is 0.109. The summed E-state index contributed by atoms with van der Waals surface area (Å²) < 4.78 is 9.59. The van der Waals surface area contributed by atoms with Gasteiger partial charge in [0.05, 0.1) is 13.8 Å². The first-order valence-corrected chi connectivity index (χ1v) is 6.18. The molecule has 0 aromatic heterocycles. The van der Waals surface area contributed by atoms with Gasteiger partial charge >= 0.3 is 0 Å². The first-order chi connectivity index (χ1) is 8.72. The molecule has 18 heavy (non-hydrogen) atoms. The van der Waals surface area contributed by atoms with Crippen molar-refractivity contribution in [2.75, 3.05) is 47.1 Å². The molecule has 1 amide bonds. The van der Waals surface area contributed by atoms with Gasteiger partial charge in [-0.2, -0.15) is 0 Å². The zero-order chi connectivity index (χ0) is 13.6. The second kappa shape index (κ2) is 12.3. The number of hydrogen-bond acceptors (Lipinski definition) is 5. The predicted octanol–water partition coefficient (Wildman–Crippen LogP) is 0.483. The van der Waals surface area contributed by atoms with E-state index in [0.717, 1.165) is 32.5 Å². The molecule has 6 nitrogen and oxygen atoms in total. The van der Waals surface area contributed by atoms with E-state index in [1.54, 1.807) is 21.1 Å². The van der Waals surface area contributed by atoms with Crippen LogP contribution in [0.3, 0.4) is 0 Å². The lowest BCUT2D eigenvalue weighted by Gasteiger charge is -2.20. The van der Waals surface area contributed by atoms with E-state index >= 15 is 0 Å². The first kappa shape index (κ1) is 16.9. The van der Waals surface area contributed by atoms with Crippen LogP contribution in [-0.2, 0) is 14.3 Å². The lowest BCUT2D eigenvalue weighted by molar-refractivity contribution is -0.128. The minimum Gasteiger partial charge on any atom is -0.487 e. The Hall–Kier alpha value is -1.14. The average Bonchev–Trinajstić information content (AvgIpc) is 2.35. The summed E-state index contributed by atoms with van der Waals surface area (Å²) in [5.41, 5.74) is 0. The molecule has 0 aliphatic heterocycles. The summed E-state index contributed by atoms with van der Waals surface area (Å²) in [5.74, 6) is 0.109. The number of methoxy groups -OCH3 is 2. The van der Waals surface area contributed by atoms with Gasteiger partial charge in [-0.25, -0.2) is 0 Å². The van der Waals surface area contributed by atoms with Crippen molar-refractivity contribution in [2.45, 2.75) is 19.8 Å². The number of carbonyl (C=O) groups is 1. The number of aliphatic imine (C=N–C) groups is 1. The second-order valence-electron chi connectivity index (χ2n) is 3.89. The summed E-state index contributed by atoms with van der Waals surface area (Å²) in [4.78, 5) is 17.3. The Balaban J connectivity index is 3.65. The third-order valence-electron chi connectivity index (χ3n) is 2.37. The predicted molar refractivity (Wildman–Crippen MR) is 71.7 cm³/mol. The van der Waals surface area contributed by atoms with Crippen molar-refractivity contribution in [1.82, 2.24) is 10.2 Å². The number of hydrogen-bond donors (Lipinski definition) is 1. The summed E-state index contributed by atoms with van der Waals surface area (Å²) in [6, 6.07) is 0. The molecule has 0 radical (unpaired) electrons. The Labute approximate surface area is 109 Å². The maximum absolute atomic E-state index is 11.4. The van der Waals surface area contributed by atoms with E-state index in [-0.39, 0.29) is 5.91 Å². The van der Waals surface area contributed by atoms with Gasteiger partial charge in [-0.15, -0.1) is 0 Å². The molecule has 0 fully saturated rings. The van der Waals surface area contributed by atoms with Crippen LogP contribution in [0.5, 0.6) is 0 Å². The maximum atomic E-state index is 11.4. The molecule has 0 bridgehead atoms. The minimum atomic E-state index is 0.109. The number of carbonyl (C=O) groups excluding carboxylic acids is 1. The Morgan fingerprint density at radius 1 is 1.33 bits per heavy atom. The second-order valence-corrected chi connectivity index (χ2v) is 3.89. The SMILES string of the molecule is COC=NCCCN(CCCNCOC)C(C)=O. The molecule has 0 atom stereocenters. The fourth-order valence-electron chi connectivity index (χ4n) is 1.48. The maximum Gasteiger partial charge on any atom is 0.219 e. The van der Waals surface area contributed by atoms with Crippen LogP contribution in [0.15, 0.2) is 4.99 Å². The molecular formula is C12H25N3O3. The van der Waals surface area contributed by atoms with Crippen molar-refractivity contribution in [3.05, 3.63) is 0 Å². The molecule has 0 saturated heterocycles. The Morgan fingerprint density at radius 2 is 2.06 bits per heavy atom. The van der Waals surface area contributed by atoms with Crippen molar-refractivity contribution in [2.24, 2.45) is 4.99 Å². The molecular weight excluding hydrogens is 234 g/mol. The Morgan fingerprint density at radius 3 is 2.67 bits per heavy atom. The third-order valence-corrected chi connectivity index (χ3v) is 2.37. The summed E-state index contributed by atoms with van der Waals surface area (Å²) in [5, 5.41) is 3.11. The number of nitrogens with zero attached hydrogens (tertiary/aromatic N) is 2. The highest BCUT2D eigenvalue weighted by atomic mass is 16.5. The molecule has 0 heterocycles. The van der Waals surface area contributed by atoms with Crippen LogP contribution in [-0.4, -0.2) is 64.3 Å². The quantitative estimate of drug-likeness (QED) is 0.254. The van der Waals surface area contributed by atoms with Crippen LogP contribution in [0.2, 0.25) is 0 Å². The number of ether oxygens (including phenoxy) is 2. The summed E-state index contributed by atoms with van der Waals surface area (Å²) in [6.07, 6.45) is 3.20. The smallest absolute Gasteiger partial charge is 0.219 e. The van der Waals surface area contributed by atoms with E-state index in [1.807, 2.05) is 4.90 Å². The van der Waals surface area contributed by atoms with E-state index in [4.69, 9.17) is 9.47 Å². The van der Waals surface area contributed by atoms with Gasteiger partial charge in [0, 0.05) is 33.7 Å². The van der Waals surface area contributed by atoms with Crippen LogP contribution >= 0.6 is 0 Å². The van der Waals surface area contributed by atoms with Crippen LogP contribution in [0.4, 0.5) is 0 Å². The van der Waals surface area contributed by atoms with E-state index in [9.17, 15) is 4.79 Å². The highest BCUT2D eigenvalue weighted by Crippen LogP contribution is 1.95. The Bertz CT molecular complexity index is 235. The molecule has 0 aromatic rings. The van der Waals surface area contributed by atoms with E-state index in [1.165, 1.54) is 6.40 Å². The van der Waals surface area contributed by atoms with Crippen molar-refractivity contribution < 1.29 is 14.3 Å². The number of nitrogens with one attached hydrogen (secondary N) is 1. The molecule has 0 rings (SSSR count). The zero-order valence-corrected chi connectivity index (χ0v) is 11.6. The lowest BCUT2D eigenvalue weighted by Crippen LogP contribution is -2.33. The summed E-state index contributed by atoms with van der Waals surface area (Å²) in [6.45, 7) is 5.17. The summed E-state index contributed by atoms with van der Waals surface area (Å²) >= 11 is 0. The van der Waals surface area contributed by atoms with Gasteiger partial charge in [-0.05, 0) is 19.4 Å². The monoisotopic (exact) mass is 259 g/mol. The van der Waals surface area contributed by atoms with Crippen molar-refractivity contribution in [1.29, 1.82) is 0 Å². The van der Waals surface area contributed by atoms with Gasteiger partial charge in [0.1, 0.15) is 0 Å². The first-order valence-electron chi connectivity index (χ1n) is 6.18. The molecule has 0 saturated carbocycles. The van der Waals surface area contributed by atoms with Crippen LogP contribution in [0.25, 0.3) is 0 Å². The van der Waals surface area contributed by atoms with Crippen LogP contribution in [0, 0.1) is 0 Å². The molecule has 106 valence electrons. The highest BCUT2D eigenvalue weighted by Gasteiger charge is 2.06. The van der Waals surface area contributed by atoms with Gasteiger partial charge in [-0.1, -0.05) is 0 Å². The number of amides is 1. The third kappa shape index (κ3) is 10.0. The van der Waals surface area contributed by atoms with Crippen LogP contribution < -0.4 is 5.32 Å². The molecule has 0 aliphatic carbocycles. The van der Waals surface area contributed by atoms with Gasteiger partial charge in [0.15, 0.2) is 6.40 Å². The fraction of sp³-hybridized carbons (Fsp3) is 0.833.